The SMILES string of the molecule is CN(C)S(=O)(=O)c1ccc(CN2C(=O)NC3(CCc4ccccc43)C2=O)cc1. The number of aryl methyl sites for hydroxylation is 1. The molecular weight excluding hydrogens is 378 g/mol. The first-order valence-corrected chi connectivity index (χ1v) is 10.4. The predicted molar refractivity (Wildman–Crippen MR) is 103 cm³/mol. The summed E-state index contributed by atoms with van der Waals surface area (Å²) in [6.07, 6.45) is 1.29. The fraction of sp³-hybridized carbons (Fsp3) is 0.300. The van der Waals surface area contributed by atoms with Gasteiger partial charge >= 0.3 is 6.03 Å². The molecule has 1 unspecified atom stereocenters. The fourth-order valence-electron chi connectivity index (χ4n) is 3.89. The second kappa shape index (κ2) is 6.42. The topological polar surface area (TPSA) is 86.8 Å². The fourth-order valence-corrected chi connectivity index (χ4v) is 4.80. The van der Waals surface area contributed by atoms with E-state index in [-0.39, 0.29) is 17.3 Å². The van der Waals surface area contributed by atoms with Crippen molar-refractivity contribution >= 4 is 22.0 Å². The van der Waals surface area contributed by atoms with Crippen LogP contribution in [0.5, 0.6) is 0 Å². The number of hydrogen-bond donors (Lipinski definition) is 1. The number of carbonyl (C=O) groups excluding carboxylic acids is 2. The highest BCUT2D eigenvalue weighted by Crippen LogP contribution is 2.41. The van der Waals surface area contributed by atoms with Crippen molar-refractivity contribution in [2.24, 2.45) is 0 Å². The van der Waals surface area contributed by atoms with E-state index in [0.717, 1.165) is 21.9 Å². The standard InChI is InChI=1S/C20H21N3O4S/c1-22(2)28(26,27)16-9-7-14(8-10-16)13-23-18(24)20(21-19(23)25)12-11-15-5-3-4-6-17(15)20/h3-10H,11-13H2,1-2H3,(H,21,25). The van der Waals surface area contributed by atoms with Crippen molar-refractivity contribution in [1.29, 1.82) is 0 Å². The van der Waals surface area contributed by atoms with Crippen molar-refractivity contribution in [3.05, 3.63) is 65.2 Å². The molecule has 0 saturated carbocycles. The zero-order valence-corrected chi connectivity index (χ0v) is 16.5. The molecule has 8 heteroatoms. The highest BCUT2D eigenvalue weighted by atomic mass is 32.2. The molecule has 7 nitrogen and oxygen atoms in total. The first kappa shape index (κ1) is 18.6. The number of urea groups is 1. The van der Waals surface area contributed by atoms with Gasteiger partial charge in [-0.05, 0) is 41.7 Å². The number of nitrogens with one attached hydrogen (secondary N) is 1. The van der Waals surface area contributed by atoms with Crippen molar-refractivity contribution in [3.8, 4) is 0 Å². The molecule has 2 aromatic carbocycles. The van der Waals surface area contributed by atoms with Gasteiger partial charge in [-0.3, -0.25) is 9.69 Å². The van der Waals surface area contributed by atoms with Gasteiger partial charge in [-0.25, -0.2) is 17.5 Å². The van der Waals surface area contributed by atoms with Gasteiger partial charge in [0.05, 0.1) is 11.4 Å². The van der Waals surface area contributed by atoms with Crippen LogP contribution in [-0.4, -0.2) is 43.7 Å². The highest BCUT2D eigenvalue weighted by molar-refractivity contribution is 7.89. The molecule has 4 rings (SSSR count). The number of hydrogen-bond acceptors (Lipinski definition) is 4. The van der Waals surface area contributed by atoms with E-state index in [1.807, 2.05) is 24.3 Å². The molecule has 2 aliphatic rings. The van der Waals surface area contributed by atoms with E-state index in [1.165, 1.54) is 31.1 Å². The van der Waals surface area contributed by atoms with Gasteiger partial charge in [0, 0.05) is 14.1 Å². The third-order valence-corrected chi connectivity index (χ3v) is 7.29. The number of sulfonamides is 1. The van der Waals surface area contributed by atoms with Crippen molar-refractivity contribution < 1.29 is 18.0 Å². The van der Waals surface area contributed by atoms with Crippen LogP contribution in [0.4, 0.5) is 4.79 Å². The summed E-state index contributed by atoms with van der Waals surface area (Å²) in [6.45, 7) is 0.0941. The number of imide groups is 1. The molecule has 3 amide bonds. The molecule has 1 atom stereocenters. The van der Waals surface area contributed by atoms with E-state index >= 15 is 0 Å². The van der Waals surface area contributed by atoms with Crippen molar-refractivity contribution in [3.63, 3.8) is 0 Å². The maximum Gasteiger partial charge on any atom is 0.325 e. The number of rotatable bonds is 4. The van der Waals surface area contributed by atoms with Crippen LogP contribution in [0.25, 0.3) is 0 Å². The van der Waals surface area contributed by atoms with Gasteiger partial charge in [0.2, 0.25) is 10.0 Å². The van der Waals surface area contributed by atoms with Gasteiger partial charge < -0.3 is 5.32 Å². The minimum atomic E-state index is -3.52. The van der Waals surface area contributed by atoms with E-state index in [9.17, 15) is 18.0 Å². The highest BCUT2D eigenvalue weighted by Gasteiger charge is 2.55. The Morgan fingerprint density at radius 3 is 2.43 bits per heavy atom. The van der Waals surface area contributed by atoms with Crippen LogP contribution in [0, 0.1) is 0 Å². The van der Waals surface area contributed by atoms with Crippen LogP contribution in [0.3, 0.4) is 0 Å². The summed E-state index contributed by atoms with van der Waals surface area (Å²) in [7, 11) is -0.585. The summed E-state index contributed by atoms with van der Waals surface area (Å²) in [4.78, 5) is 27.1. The molecule has 1 aliphatic heterocycles. The Kier molecular flexibility index (Phi) is 4.28. The van der Waals surface area contributed by atoms with Gasteiger partial charge in [-0.2, -0.15) is 0 Å². The Hall–Kier alpha value is -2.71. The number of carbonyl (C=O) groups is 2. The van der Waals surface area contributed by atoms with Crippen LogP contribution < -0.4 is 5.32 Å². The van der Waals surface area contributed by atoms with Crippen LogP contribution >= 0.6 is 0 Å². The summed E-state index contributed by atoms with van der Waals surface area (Å²) in [6, 6.07) is 13.5. The third-order valence-electron chi connectivity index (χ3n) is 5.46. The molecule has 1 spiro atoms. The normalized spacial score (nSPS) is 21.5. The van der Waals surface area contributed by atoms with E-state index in [0.29, 0.717) is 12.0 Å². The van der Waals surface area contributed by atoms with E-state index in [1.54, 1.807) is 12.1 Å². The summed E-state index contributed by atoms with van der Waals surface area (Å²) in [5.74, 6) is -0.257. The lowest BCUT2D eigenvalue weighted by Gasteiger charge is -2.22. The Labute approximate surface area is 164 Å². The van der Waals surface area contributed by atoms with E-state index in [4.69, 9.17) is 0 Å². The molecule has 0 radical (unpaired) electrons. The second-order valence-electron chi connectivity index (χ2n) is 7.32. The Morgan fingerprint density at radius 1 is 1.07 bits per heavy atom. The first-order chi connectivity index (χ1) is 13.3. The van der Waals surface area contributed by atoms with Gasteiger partial charge in [0.25, 0.3) is 5.91 Å². The third kappa shape index (κ3) is 2.71. The Morgan fingerprint density at radius 2 is 1.75 bits per heavy atom. The average molecular weight is 399 g/mol. The maximum absolute atomic E-state index is 13.2. The largest absolute Gasteiger partial charge is 0.325 e. The molecule has 0 bridgehead atoms. The Bertz CT molecular complexity index is 1060. The van der Waals surface area contributed by atoms with Crippen molar-refractivity contribution in [2.75, 3.05) is 14.1 Å². The van der Waals surface area contributed by atoms with Crippen LogP contribution in [-0.2, 0) is 33.3 Å². The molecule has 2 aromatic rings. The molecule has 1 fully saturated rings. The van der Waals surface area contributed by atoms with Gasteiger partial charge in [0.1, 0.15) is 5.54 Å². The second-order valence-corrected chi connectivity index (χ2v) is 9.47. The zero-order valence-electron chi connectivity index (χ0n) is 15.7. The number of benzene rings is 2. The minimum absolute atomic E-state index is 0.0941. The molecule has 1 N–H and O–H groups in total. The van der Waals surface area contributed by atoms with E-state index in [2.05, 4.69) is 5.32 Å². The Balaban J connectivity index is 1.59. The van der Waals surface area contributed by atoms with Gasteiger partial charge in [-0.15, -0.1) is 0 Å². The molecule has 1 aliphatic carbocycles. The average Bonchev–Trinajstić information content (AvgIpc) is 3.16. The van der Waals surface area contributed by atoms with Gasteiger partial charge in [0.15, 0.2) is 0 Å². The molecular formula is C20H21N3O4S. The van der Waals surface area contributed by atoms with Crippen molar-refractivity contribution in [1.82, 2.24) is 14.5 Å². The van der Waals surface area contributed by atoms with E-state index < -0.39 is 21.6 Å². The summed E-state index contributed by atoms with van der Waals surface area (Å²) in [5.41, 5.74) is 1.64. The number of amides is 3. The predicted octanol–water partition coefficient (Wildman–Crippen LogP) is 1.83. The molecule has 28 heavy (non-hydrogen) atoms. The minimum Gasteiger partial charge on any atom is -0.319 e. The quantitative estimate of drug-likeness (QED) is 0.795. The van der Waals surface area contributed by atoms with Crippen LogP contribution in [0.1, 0.15) is 23.1 Å². The summed E-state index contributed by atoms with van der Waals surface area (Å²) in [5, 5.41) is 2.89. The summed E-state index contributed by atoms with van der Waals surface area (Å²) < 4.78 is 25.5. The first-order valence-electron chi connectivity index (χ1n) is 9.00. The van der Waals surface area contributed by atoms with Gasteiger partial charge in [-0.1, -0.05) is 36.4 Å². The van der Waals surface area contributed by atoms with Crippen LogP contribution in [0.2, 0.25) is 0 Å². The lowest BCUT2D eigenvalue weighted by atomic mass is 9.92. The summed E-state index contributed by atoms with van der Waals surface area (Å²) >= 11 is 0. The number of fused-ring (bicyclic) bond motifs is 2. The monoisotopic (exact) mass is 399 g/mol. The smallest absolute Gasteiger partial charge is 0.319 e. The molecule has 1 heterocycles. The molecule has 0 aromatic heterocycles. The lowest BCUT2D eigenvalue weighted by Crippen LogP contribution is -2.41. The maximum atomic E-state index is 13.2. The lowest BCUT2D eigenvalue weighted by molar-refractivity contribution is -0.132. The zero-order chi connectivity index (χ0) is 20.1. The van der Waals surface area contributed by atoms with Crippen LogP contribution in [0.15, 0.2) is 53.4 Å². The molecule has 1 saturated heterocycles. The molecule has 146 valence electrons. The number of nitrogens with zero attached hydrogens (tertiary/aromatic N) is 2. The van der Waals surface area contributed by atoms with Crippen molar-refractivity contribution in [2.45, 2.75) is 29.8 Å².